The third-order valence-corrected chi connectivity index (χ3v) is 7.22. The Morgan fingerprint density at radius 1 is 1.14 bits per heavy atom. The molecule has 36 heavy (non-hydrogen) atoms. The molecule has 4 aliphatic carbocycles. The Morgan fingerprint density at radius 2 is 1.83 bits per heavy atom. The maximum absolute atomic E-state index is 13.0. The Balaban J connectivity index is 1.12. The van der Waals surface area contributed by atoms with Crippen LogP contribution in [0.3, 0.4) is 0 Å². The molecule has 0 aliphatic heterocycles. The van der Waals surface area contributed by atoms with Crippen LogP contribution >= 0.6 is 0 Å². The van der Waals surface area contributed by atoms with E-state index in [1.54, 1.807) is 12.5 Å². The number of hydrogen-bond donors (Lipinski definition) is 2. The number of ether oxygens (including phenoxy) is 2. The van der Waals surface area contributed by atoms with Gasteiger partial charge in [0.2, 0.25) is 5.91 Å². The quantitative estimate of drug-likeness (QED) is 0.517. The van der Waals surface area contributed by atoms with Crippen LogP contribution in [0.25, 0.3) is 11.3 Å². The lowest BCUT2D eigenvalue weighted by atomic mass is 9.44. The van der Waals surface area contributed by atoms with Gasteiger partial charge in [-0.2, -0.15) is 13.2 Å². The van der Waals surface area contributed by atoms with Crippen LogP contribution in [0.5, 0.6) is 0 Å². The van der Waals surface area contributed by atoms with Gasteiger partial charge >= 0.3 is 12.5 Å². The Hall–Kier alpha value is -2.64. The summed E-state index contributed by atoms with van der Waals surface area (Å²) in [5, 5.41) is 12.5. The Kier molecular flexibility index (Phi) is 5.88. The van der Waals surface area contributed by atoms with Crippen molar-refractivity contribution in [3.8, 4) is 11.3 Å². The summed E-state index contributed by atoms with van der Waals surface area (Å²) in [5.41, 5.74) is -0.494. The number of nitrogens with zero attached hydrogens (tertiary/aromatic N) is 2. The van der Waals surface area contributed by atoms with Gasteiger partial charge < -0.3 is 19.7 Å². The molecule has 0 atom stereocenters. The first-order valence-corrected chi connectivity index (χ1v) is 11.3. The molecule has 1 aromatic heterocycles. The molecular formula is C23H23F6N3O4. The van der Waals surface area contributed by atoms with E-state index in [1.807, 2.05) is 4.57 Å². The zero-order valence-electron chi connectivity index (χ0n) is 18.8. The number of benzene rings is 1. The topological polar surface area (TPSA) is 85.6 Å². The average molecular weight is 519 g/mol. The highest BCUT2D eigenvalue weighted by Gasteiger charge is 2.69. The van der Waals surface area contributed by atoms with Crippen LogP contribution in [-0.4, -0.2) is 51.3 Å². The number of carbonyl (C=O) groups excluding carboxylic acids is 1. The lowest BCUT2D eigenvalue weighted by Gasteiger charge is -2.70. The highest BCUT2D eigenvalue weighted by atomic mass is 19.4. The van der Waals surface area contributed by atoms with Crippen molar-refractivity contribution < 1.29 is 45.7 Å². The van der Waals surface area contributed by atoms with Gasteiger partial charge in [-0.3, -0.25) is 9.53 Å². The van der Waals surface area contributed by atoms with Crippen molar-refractivity contribution in [2.24, 2.45) is 0 Å². The highest BCUT2D eigenvalue weighted by molar-refractivity contribution is 5.79. The van der Waals surface area contributed by atoms with Gasteiger partial charge in [0.15, 0.2) is 0 Å². The summed E-state index contributed by atoms with van der Waals surface area (Å²) in [6.07, 6.45) is -5.15. The van der Waals surface area contributed by atoms with Crippen LogP contribution < -0.4 is 5.32 Å². The van der Waals surface area contributed by atoms with Gasteiger partial charge in [0.25, 0.3) is 0 Å². The number of aliphatic hydroxyl groups excluding tert-OH is 1. The number of aromatic nitrogens is 2. The number of aliphatic hydroxyl groups is 1. The van der Waals surface area contributed by atoms with Crippen molar-refractivity contribution in [1.29, 1.82) is 0 Å². The summed E-state index contributed by atoms with van der Waals surface area (Å²) in [6.45, 7) is -0.809. The predicted molar refractivity (Wildman–Crippen MR) is 111 cm³/mol. The normalized spacial score (nSPS) is 29.2. The zero-order chi connectivity index (χ0) is 25.9. The molecular weight excluding hydrogens is 496 g/mol. The van der Waals surface area contributed by atoms with Gasteiger partial charge in [-0.1, -0.05) is 6.07 Å². The summed E-state index contributed by atoms with van der Waals surface area (Å²) in [7, 11) is 0. The number of hydrogen-bond acceptors (Lipinski definition) is 5. The molecule has 6 rings (SSSR count). The first-order valence-electron chi connectivity index (χ1n) is 11.3. The predicted octanol–water partition coefficient (Wildman–Crippen LogP) is 3.89. The smallest absolute Gasteiger partial charge is 0.392 e. The summed E-state index contributed by atoms with van der Waals surface area (Å²) < 4.78 is 86.5. The fourth-order valence-electron chi connectivity index (χ4n) is 5.48. The molecule has 2 bridgehead atoms. The molecule has 7 nitrogen and oxygen atoms in total. The van der Waals surface area contributed by atoms with Crippen molar-refractivity contribution in [3.63, 3.8) is 0 Å². The standard InChI is InChI=1S/C23H23F6N3O4/c24-22(25,26)14-1-2-17(13(3-14)7-33)18-6-32(12-30-18)21-9-20(10-21,11-21)31-19(34)8-35-15-4-16(5-15)36-23(27,28)29/h1-3,6,12,15-16,33H,4-5,7-11H2,(H,31,34)/t15-,16+,20?,21?. The lowest BCUT2D eigenvalue weighted by molar-refractivity contribution is -0.357. The number of carbonyl (C=O) groups is 1. The fourth-order valence-corrected chi connectivity index (χ4v) is 5.48. The van der Waals surface area contributed by atoms with E-state index >= 15 is 0 Å². The number of alkyl halides is 6. The molecule has 0 spiro atoms. The molecule has 4 saturated carbocycles. The SMILES string of the molecule is O=C(CO[C@H]1C[C@@H](OC(F)(F)F)C1)NC12CC(n3cnc(-c4ccc(C(F)(F)F)cc4CO)c3)(C1)C2. The van der Waals surface area contributed by atoms with E-state index in [2.05, 4.69) is 15.0 Å². The zero-order valence-corrected chi connectivity index (χ0v) is 18.8. The molecule has 4 fully saturated rings. The van der Waals surface area contributed by atoms with E-state index in [0.717, 1.165) is 12.1 Å². The number of rotatable bonds is 8. The second kappa shape index (κ2) is 8.45. The van der Waals surface area contributed by atoms with Crippen molar-refractivity contribution in [1.82, 2.24) is 14.9 Å². The summed E-state index contributed by atoms with van der Waals surface area (Å²) in [5.74, 6) is -0.341. The molecule has 1 amide bonds. The van der Waals surface area contributed by atoms with Crippen molar-refractivity contribution in [3.05, 3.63) is 41.9 Å². The average Bonchev–Trinajstić information content (AvgIpc) is 3.18. The summed E-state index contributed by atoms with van der Waals surface area (Å²) in [6, 6.07) is 3.16. The molecule has 1 heterocycles. The Labute approximate surface area is 201 Å². The van der Waals surface area contributed by atoms with Crippen molar-refractivity contribution in [2.75, 3.05) is 6.61 Å². The van der Waals surface area contributed by atoms with Gasteiger partial charge in [-0.05, 0) is 37.0 Å². The van der Waals surface area contributed by atoms with E-state index in [1.165, 1.54) is 6.07 Å². The maximum atomic E-state index is 13.0. The highest BCUT2D eigenvalue weighted by Crippen LogP contribution is 2.65. The second-order valence-electron chi connectivity index (χ2n) is 9.87. The van der Waals surface area contributed by atoms with Crippen LogP contribution in [-0.2, 0) is 32.6 Å². The summed E-state index contributed by atoms with van der Waals surface area (Å²) >= 11 is 0. The van der Waals surface area contributed by atoms with Crippen LogP contribution in [0.1, 0.15) is 43.2 Å². The third-order valence-electron chi connectivity index (χ3n) is 7.22. The van der Waals surface area contributed by atoms with Crippen molar-refractivity contribution >= 4 is 5.91 Å². The van der Waals surface area contributed by atoms with E-state index in [4.69, 9.17) is 4.74 Å². The van der Waals surface area contributed by atoms with Gasteiger partial charge in [-0.15, -0.1) is 13.2 Å². The summed E-state index contributed by atoms with van der Waals surface area (Å²) in [4.78, 5) is 16.6. The second-order valence-corrected chi connectivity index (χ2v) is 9.87. The molecule has 2 N–H and O–H groups in total. The number of imidazole rings is 1. The lowest BCUT2D eigenvalue weighted by Crippen LogP contribution is -2.78. The maximum Gasteiger partial charge on any atom is 0.522 e. The monoisotopic (exact) mass is 519 g/mol. The van der Waals surface area contributed by atoms with Crippen molar-refractivity contribution in [2.45, 2.75) is 74.5 Å². The van der Waals surface area contributed by atoms with Gasteiger partial charge in [0, 0.05) is 30.1 Å². The first-order chi connectivity index (χ1) is 16.8. The fraction of sp³-hybridized carbons (Fsp3) is 0.565. The Morgan fingerprint density at radius 3 is 2.44 bits per heavy atom. The van der Waals surface area contributed by atoms with E-state index < -0.39 is 36.9 Å². The van der Waals surface area contributed by atoms with Crippen LogP contribution in [0.4, 0.5) is 26.3 Å². The Bertz CT molecular complexity index is 1140. The molecule has 2 aromatic rings. The number of nitrogens with one attached hydrogen (secondary N) is 1. The van der Waals surface area contributed by atoms with Crippen LogP contribution in [0.2, 0.25) is 0 Å². The minimum Gasteiger partial charge on any atom is -0.392 e. The van der Waals surface area contributed by atoms with E-state index in [9.17, 15) is 36.2 Å². The van der Waals surface area contributed by atoms with Crippen LogP contribution in [0, 0.1) is 0 Å². The molecule has 1 aromatic carbocycles. The van der Waals surface area contributed by atoms with Gasteiger partial charge in [0.1, 0.15) is 6.61 Å². The van der Waals surface area contributed by atoms with E-state index in [-0.39, 0.29) is 42.0 Å². The molecule has 0 radical (unpaired) electrons. The van der Waals surface area contributed by atoms with Crippen LogP contribution in [0.15, 0.2) is 30.7 Å². The van der Waals surface area contributed by atoms with Gasteiger partial charge in [0.05, 0.1) is 41.9 Å². The van der Waals surface area contributed by atoms with Gasteiger partial charge in [-0.25, -0.2) is 4.98 Å². The minimum absolute atomic E-state index is 0.0843. The first kappa shape index (κ1) is 25.0. The molecule has 196 valence electrons. The van der Waals surface area contributed by atoms with E-state index in [0.29, 0.717) is 30.5 Å². The molecule has 4 aliphatic rings. The number of amides is 1. The third kappa shape index (κ3) is 4.71. The molecule has 0 saturated heterocycles. The number of halogens is 6. The molecule has 0 unspecified atom stereocenters. The largest absolute Gasteiger partial charge is 0.522 e. The minimum atomic E-state index is -4.68. The molecule has 13 heteroatoms.